The fourth-order valence-corrected chi connectivity index (χ4v) is 1.27. The molecule has 0 fully saturated rings. The van der Waals surface area contributed by atoms with Crippen molar-refractivity contribution in [3.05, 3.63) is 0 Å². The molecule has 0 aliphatic rings. The quantitative estimate of drug-likeness (QED) is 0.471. The standard InChI is InChI=1S/C6H8N2O2S/c1-5(7-3-9)11-6(2)8-4-10/h5-6H,1-2H3. The highest BCUT2D eigenvalue weighted by molar-refractivity contribution is 8.00. The number of isocyanates is 2. The van der Waals surface area contributed by atoms with Crippen LogP contribution < -0.4 is 0 Å². The van der Waals surface area contributed by atoms with Gasteiger partial charge in [-0.2, -0.15) is 9.98 Å². The van der Waals surface area contributed by atoms with E-state index in [0.717, 1.165) is 0 Å². The molecule has 5 heteroatoms. The molecular formula is C6H8N2O2S. The molecule has 11 heavy (non-hydrogen) atoms. The number of hydrogen-bond donors (Lipinski definition) is 0. The Bertz CT molecular complexity index is 185. The van der Waals surface area contributed by atoms with Crippen molar-refractivity contribution in [2.75, 3.05) is 0 Å². The second kappa shape index (κ2) is 5.86. The number of aliphatic imine (C=N–C) groups is 2. The molecule has 0 aliphatic heterocycles. The second-order valence-corrected chi connectivity index (χ2v) is 3.41. The van der Waals surface area contributed by atoms with Gasteiger partial charge in [-0.25, -0.2) is 9.59 Å². The first-order valence-corrected chi connectivity index (χ1v) is 3.94. The number of hydrogen-bond acceptors (Lipinski definition) is 5. The lowest BCUT2D eigenvalue weighted by Gasteiger charge is -2.04. The van der Waals surface area contributed by atoms with Crippen molar-refractivity contribution in [2.24, 2.45) is 9.98 Å². The van der Waals surface area contributed by atoms with E-state index in [4.69, 9.17) is 0 Å². The van der Waals surface area contributed by atoms with Gasteiger partial charge in [0.25, 0.3) is 0 Å². The van der Waals surface area contributed by atoms with Crippen LogP contribution in [0.15, 0.2) is 9.98 Å². The molecule has 0 amide bonds. The van der Waals surface area contributed by atoms with Crippen LogP contribution in [0.2, 0.25) is 0 Å². The Labute approximate surface area is 68.8 Å². The van der Waals surface area contributed by atoms with Gasteiger partial charge in [0.2, 0.25) is 12.2 Å². The number of nitrogens with zero attached hydrogens (tertiary/aromatic N) is 2. The summed E-state index contributed by atoms with van der Waals surface area (Å²) in [6.07, 6.45) is 2.86. The Morgan fingerprint density at radius 3 is 1.73 bits per heavy atom. The maximum Gasteiger partial charge on any atom is 0.236 e. The van der Waals surface area contributed by atoms with Gasteiger partial charge in [-0.3, -0.25) is 0 Å². The zero-order chi connectivity index (χ0) is 8.69. The van der Waals surface area contributed by atoms with E-state index in [1.165, 1.54) is 23.9 Å². The first-order valence-electron chi connectivity index (χ1n) is 3.00. The number of thioether (sulfide) groups is 1. The fraction of sp³-hybridized carbons (Fsp3) is 0.667. The van der Waals surface area contributed by atoms with Crippen LogP contribution in [-0.4, -0.2) is 22.9 Å². The lowest BCUT2D eigenvalue weighted by atomic mass is 10.8. The summed E-state index contributed by atoms with van der Waals surface area (Å²) in [4.78, 5) is 26.3. The van der Waals surface area contributed by atoms with Gasteiger partial charge in [0, 0.05) is 0 Å². The van der Waals surface area contributed by atoms with Crippen molar-refractivity contribution in [2.45, 2.75) is 24.6 Å². The highest BCUT2D eigenvalue weighted by Gasteiger charge is 2.05. The van der Waals surface area contributed by atoms with Crippen molar-refractivity contribution >= 4 is 23.9 Å². The SMILES string of the molecule is CC(N=C=O)SC(C)N=C=O. The molecule has 60 valence electrons. The van der Waals surface area contributed by atoms with Crippen LogP contribution >= 0.6 is 11.8 Å². The van der Waals surface area contributed by atoms with Crippen molar-refractivity contribution in [1.82, 2.24) is 0 Å². The molecule has 4 nitrogen and oxygen atoms in total. The topological polar surface area (TPSA) is 58.9 Å². The average molecular weight is 172 g/mol. The molecule has 2 atom stereocenters. The zero-order valence-electron chi connectivity index (χ0n) is 6.27. The maximum absolute atomic E-state index is 9.74. The predicted molar refractivity (Wildman–Crippen MR) is 42.8 cm³/mol. The van der Waals surface area contributed by atoms with Gasteiger partial charge in [-0.1, -0.05) is 0 Å². The smallest absolute Gasteiger partial charge is 0.211 e. The van der Waals surface area contributed by atoms with E-state index in [2.05, 4.69) is 9.98 Å². The lowest BCUT2D eigenvalue weighted by molar-refractivity contribution is 0.562. The lowest BCUT2D eigenvalue weighted by Crippen LogP contribution is -1.98. The van der Waals surface area contributed by atoms with Gasteiger partial charge in [0.15, 0.2) is 0 Å². The van der Waals surface area contributed by atoms with Crippen molar-refractivity contribution < 1.29 is 9.59 Å². The van der Waals surface area contributed by atoms with Crippen LogP contribution in [0.1, 0.15) is 13.8 Å². The molecular weight excluding hydrogens is 164 g/mol. The zero-order valence-corrected chi connectivity index (χ0v) is 7.09. The Morgan fingerprint density at radius 1 is 1.09 bits per heavy atom. The average Bonchev–Trinajstić information content (AvgIpc) is 1.87. The van der Waals surface area contributed by atoms with E-state index in [-0.39, 0.29) is 10.7 Å². The summed E-state index contributed by atoms with van der Waals surface area (Å²) in [5, 5.41) is -0.417. The molecule has 0 bridgehead atoms. The first-order chi connectivity index (χ1) is 5.20. The number of rotatable bonds is 4. The van der Waals surface area contributed by atoms with Gasteiger partial charge in [-0.15, -0.1) is 11.8 Å². The molecule has 0 spiro atoms. The summed E-state index contributed by atoms with van der Waals surface area (Å²) in [7, 11) is 0. The minimum atomic E-state index is -0.209. The van der Waals surface area contributed by atoms with Crippen molar-refractivity contribution in [1.29, 1.82) is 0 Å². The summed E-state index contributed by atoms with van der Waals surface area (Å²) in [6.45, 7) is 3.46. The summed E-state index contributed by atoms with van der Waals surface area (Å²) >= 11 is 1.29. The van der Waals surface area contributed by atoms with Crippen LogP contribution in [0, 0.1) is 0 Å². The normalized spacial score (nSPS) is 14.0. The Kier molecular flexibility index (Phi) is 5.39. The highest BCUT2D eigenvalue weighted by atomic mass is 32.2. The Morgan fingerprint density at radius 2 is 1.45 bits per heavy atom. The van der Waals surface area contributed by atoms with E-state index >= 15 is 0 Å². The van der Waals surface area contributed by atoms with Gasteiger partial charge in [-0.05, 0) is 13.8 Å². The highest BCUT2D eigenvalue weighted by Crippen LogP contribution is 2.17. The maximum atomic E-state index is 9.74. The second-order valence-electron chi connectivity index (χ2n) is 1.78. The summed E-state index contributed by atoms with van der Waals surface area (Å²) < 4.78 is 0. The monoisotopic (exact) mass is 172 g/mol. The summed E-state index contributed by atoms with van der Waals surface area (Å²) in [5.74, 6) is 0. The molecule has 0 rings (SSSR count). The Balaban J connectivity index is 3.83. The van der Waals surface area contributed by atoms with Crippen LogP contribution in [0.4, 0.5) is 0 Å². The molecule has 0 N–H and O–H groups in total. The molecule has 0 aromatic rings. The van der Waals surface area contributed by atoms with Gasteiger partial charge < -0.3 is 0 Å². The summed E-state index contributed by atoms with van der Waals surface area (Å²) in [5.41, 5.74) is 0. The van der Waals surface area contributed by atoms with Crippen LogP contribution in [0.25, 0.3) is 0 Å². The molecule has 0 aliphatic carbocycles. The molecule has 0 aromatic heterocycles. The van der Waals surface area contributed by atoms with Crippen LogP contribution in [0.5, 0.6) is 0 Å². The molecule has 0 heterocycles. The largest absolute Gasteiger partial charge is 0.236 e. The fourth-order valence-electron chi connectivity index (χ4n) is 0.494. The number of carbonyl (C=O) groups excluding carboxylic acids is 2. The van der Waals surface area contributed by atoms with Crippen molar-refractivity contribution in [3.63, 3.8) is 0 Å². The molecule has 0 saturated carbocycles. The van der Waals surface area contributed by atoms with E-state index < -0.39 is 0 Å². The third-order valence-corrected chi connectivity index (χ3v) is 1.86. The first kappa shape index (κ1) is 10.1. The molecule has 0 saturated heterocycles. The van der Waals surface area contributed by atoms with E-state index in [9.17, 15) is 9.59 Å². The third kappa shape index (κ3) is 5.55. The van der Waals surface area contributed by atoms with Gasteiger partial charge in [0.05, 0.1) is 0 Å². The minimum Gasteiger partial charge on any atom is -0.211 e. The van der Waals surface area contributed by atoms with E-state index in [0.29, 0.717) is 0 Å². The van der Waals surface area contributed by atoms with Crippen LogP contribution in [-0.2, 0) is 9.59 Å². The van der Waals surface area contributed by atoms with E-state index in [1.54, 1.807) is 13.8 Å². The van der Waals surface area contributed by atoms with Gasteiger partial charge in [0.1, 0.15) is 10.7 Å². The molecule has 2 unspecified atom stereocenters. The molecule has 0 radical (unpaired) electrons. The Hall–Kier alpha value is -0.890. The third-order valence-electron chi connectivity index (χ3n) is 0.863. The van der Waals surface area contributed by atoms with E-state index in [1.807, 2.05) is 0 Å². The minimum absolute atomic E-state index is 0.209. The van der Waals surface area contributed by atoms with Gasteiger partial charge >= 0.3 is 0 Å². The summed E-state index contributed by atoms with van der Waals surface area (Å²) in [6, 6.07) is 0. The van der Waals surface area contributed by atoms with Crippen molar-refractivity contribution in [3.8, 4) is 0 Å². The predicted octanol–water partition coefficient (Wildman–Crippen LogP) is 1.08. The molecule has 0 aromatic carbocycles. The van der Waals surface area contributed by atoms with Crippen LogP contribution in [0.3, 0.4) is 0 Å².